The second kappa shape index (κ2) is 9.87. The van der Waals surface area contributed by atoms with Crippen LogP contribution in [0, 0.1) is 6.92 Å². The maximum atomic E-state index is 12.9. The van der Waals surface area contributed by atoms with Crippen LogP contribution in [-0.4, -0.2) is 57.6 Å². The molecule has 0 aliphatic rings. The summed E-state index contributed by atoms with van der Waals surface area (Å²) in [6, 6.07) is 10.2. The first-order valence-corrected chi connectivity index (χ1v) is 13.4. The Kier molecular flexibility index (Phi) is 7.08. The predicted molar refractivity (Wildman–Crippen MR) is 135 cm³/mol. The lowest BCUT2D eigenvalue weighted by Crippen LogP contribution is -2.30. The third-order valence-electron chi connectivity index (χ3n) is 5.30. The Hall–Kier alpha value is -2.73. The van der Waals surface area contributed by atoms with E-state index in [9.17, 15) is 13.2 Å². The molecule has 34 heavy (non-hydrogen) atoms. The van der Waals surface area contributed by atoms with E-state index in [0.29, 0.717) is 51.0 Å². The topological polar surface area (TPSA) is 121 Å². The number of nitrogens with zero attached hydrogens (tertiary/aromatic N) is 4. The van der Waals surface area contributed by atoms with E-state index in [1.807, 2.05) is 13.0 Å². The largest absolute Gasteiger partial charge is 0.338 e. The summed E-state index contributed by atoms with van der Waals surface area (Å²) < 4.78 is 27.2. The smallest absolute Gasteiger partial charge is 0.243 e. The van der Waals surface area contributed by atoms with Crippen LogP contribution in [0.3, 0.4) is 0 Å². The summed E-state index contributed by atoms with van der Waals surface area (Å²) in [5.41, 5.74) is 3.18. The Labute approximate surface area is 206 Å². The number of anilines is 1. The number of aryl methyl sites for hydroxylation is 1. The van der Waals surface area contributed by atoms with Gasteiger partial charge in [-0.1, -0.05) is 43.3 Å². The van der Waals surface area contributed by atoms with E-state index in [-0.39, 0.29) is 16.6 Å². The molecule has 12 heteroatoms. The summed E-state index contributed by atoms with van der Waals surface area (Å²) in [6.07, 6.45) is 0. The van der Waals surface area contributed by atoms with Crippen LogP contribution < -0.4 is 5.32 Å². The summed E-state index contributed by atoms with van der Waals surface area (Å²) >= 11 is 7.24. The third-order valence-corrected chi connectivity index (χ3v) is 8.59. The number of thioether (sulfide) groups is 1. The number of sulfonamides is 1. The monoisotopic (exact) mass is 518 g/mol. The first-order valence-electron chi connectivity index (χ1n) is 10.6. The molecule has 0 fully saturated rings. The maximum Gasteiger partial charge on any atom is 0.243 e. The molecule has 0 bridgehead atoms. The van der Waals surface area contributed by atoms with Gasteiger partial charge in [0.2, 0.25) is 21.1 Å². The number of carbonyl (C=O) groups excluding carboxylic acids is 1. The van der Waals surface area contributed by atoms with Gasteiger partial charge >= 0.3 is 0 Å². The molecule has 0 atom stereocenters. The molecule has 0 saturated heterocycles. The number of carbonyl (C=O) groups is 1. The van der Waals surface area contributed by atoms with Gasteiger partial charge in [-0.05, 0) is 42.8 Å². The minimum atomic E-state index is -3.60. The molecule has 0 unspecified atom stereocenters. The number of rotatable bonds is 8. The van der Waals surface area contributed by atoms with Crippen molar-refractivity contribution in [1.82, 2.24) is 24.5 Å². The van der Waals surface area contributed by atoms with Gasteiger partial charge < -0.3 is 10.3 Å². The van der Waals surface area contributed by atoms with Crippen molar-refractivity contribution in [3.05, 3.63) is 47.0 Å². The highest BCUT2D eigenvalue weighted by molar-refractivity contribution is 7.99. The Morgan fingerprint density at radius 2 is 1.91 bits per heavy atom. The van der Waals surface area contributed by atoms with Gasteiger partial charge in [-0.15, -0.1) is 10.2 Å². The van der Waals surface area contributed by atoms with Crippen molar-refractivity contribution in [3.8, 4) is 0 Å². The van der Waals surface area contributed by atoms with Crippen molar-refractivity contribution in [2.24, 2.45) is 0 Å². The Bertz CT molecular complexity index is 1490. The van der Waals surface area contributed by atoms with Gasteiger partial charge in [0.1, 0.15) is 5.52 Å². The Balaban J connectivity index is 1.53. The normalized spacial score (nSPS) is 12.0. The van der Waals surface area contributed by atoms with Crippen LogP contribution in [-0.2, 0) is 14.8 Å². The first-order chi connectivity index (χ1) is 16.2. The minimum absolute atomic E-state index is 0.0885. The zero-order chi connectivity index (χ0) is 24.5. The number of nitrogens with one attached hydrogen (secondary N) is 2. The molecule has 0 aliphatic heterocycles. The van der Waals surface area contributed by atoms with Crippen molar-refractivity contribution in [1.29, 1.82) is 0 Å². The predicted octanol–water partition coefficient (Wildman–Crippen LogP) is 4.23. The molecule has 4 aromatic rings. The molecular formula is C22H23ClN6O3S2. The van der Waals surface area contributed by atoms with E-state index in [0.717, 1.165) is 17.3 Å². The number of aromatic amines is 1. The van der Waals surface area contributed by atoms with Gasteiger partial charge in [0.25, 0.3) is 0 Å². The zero-order valence-electron chi connectivity index (χ0n) is 18.8. The molecule has 1 amide bonds. The molecule has 2 aromatic carbocycles. The molecule has 9 nitrogen and oxygen atoms in total. The standard InChI is InChI=1S/C22H23ClN6O3S2/c1-4-29(5-2)34(31,32)15-8-9-18-16(11-15)20-21(25-18)26-22(28-27-20)33-12-19(30)24-14-7-6-13(3)17(23)10-14/h6-11H,4-5,12H2,1-3H3,(H,24,30)(H,25,26,28). The molecule has 2 aromatic heterocycles. The van der Waals surface area contributed by atoms with Crippen molar-refractivity contribution in [2.45, 2.75) is 30.8 Å². The van der Waals surface area contributed by atoms with Crippen LogP contribution in [0.1, 0.15) is 19.4 Å². The minimum Gasteiger partial charge on any atom is -0.338 e. The van der Waals surface area contributed by atoms with Crippen molar-refractivity contribution in [3.63, 3.8) is 0 Å². The lowest BCUT2D eigenvalue weighted by atomic mass is 10.2. The van der Waals surface area contributed by atoms with Gasteiger partial charge in [0.15, 0.2) is 5.65 Å². The fourth-order valence-corrected chi connectivity index (χ4v) is 5.72. The number of fused-ring (bicyclic) bond motifs is 3. The van der Waals surface area contributed by atoms with Gasteiger partial charge in [-0.25, -0.2) is 13.4 Å². The molecule has 4 rings (SSSR count). The molecule has 2 heterocycles. The summed E-state index contributed by atoms with van der Waals surface area (Å²) in [7, 11) is -3.60. The van der Waals surface area contributed by atoms with Gasteiger partial charge in [0, 0.05) is 34.7 Å². The highest BCUT2D eigenvalue weighted by atomic mass is 35.5. The highest BCUT2D eigenvalue weighted by Crippen LogP contribution is 2.27. The average molecular weight is 519 g/mol. The lowest BCUT2D eigenvalue weighted by molar-refractivity contribution is -0.113. The Morgan fingerprint density at radius 3 is 2.62 bits per heavy atom. The number of halogens is 1. The van der Waals surface area contributed by atoms with Gasteiger partial charge in [-0.3, -0.25) is 4.79 Å². The van der Waals surface area contributed by atoms with E-state index >= 15 is 0 Å². The van der Waals surface area contributed by atoms with E-state index in [1.54, 1.807) is 44.2 Å². The van der Waals surface area contributed by atoms with Gasteiger partial charge in [0.05, 0.1) is 10.6 Å². The highest BCUT2D eigenvalue weighted by Gasteiger charge is 2.23. The third kappa shape index (κ3) is 4.88. The summed E-state index contributed by atoms with van der Waals surface area (Å²) in [5, 5.41) is 12.7. The summed E-state index contributed by atoms with van der Waals surface area (Å²) in [5.74, 6) is -0.137. The van der Waals surface area contributed by atoms with Crippen LogP contribution >= 0.6 is 23.4 Å². The van der Waals surface area contributed by atoms with Crippen molar-refractivity contribution >= 4 is 67.0 Å². The van der Waals surface area contributed by atoms with E-state index < -0.39 is 10.0 Å². The number of H-pyrrole nitrogens is 1. The zero-order valence-corrected chi connectivity index (χ0v) is 21.2. The summed E-state index contributed by atoms with van der Waals surface area (Å²) in [6.45, 7) is 6.26. The fourth-order valence-electron chi connectivity index (χ4n) is 3.47. The first kappa shape index (κ1) is 24.4. The second-order valence-electron chi connectivity index (χ2n) is 7.51. The maximum absolute atomic E-state index is 12.9. The molecule has 178 valence electrons. The quantitative estimate of drug-likeness (QED) is 0.335. The molecular weight excluding hydrogens is 496 g/mol. The van der Waals surface area contributed by atoms with Gasteiger partial charge in [-0.2, -0.15) is 4.31 Å². The van der Waals surface area contributed by atoms with Crippen LogP contribution in [0.4, 0.5) is 5.69 Å². The van der Waals surface area contributed by atoms with Crippen LogP contribution in [0.25, 0.3) is 22.1 Å². The SMILES string of the molecule is CCN(CC)S(=O)(=O)c1ccc2[nH]c3nc(SCC(=O)Nc4ccc(C)c(Cl)c4)nnc3c2c1. The van der Waals surface area contributed by atoms with Crippen LogP contribution in [0.2, 0.25) is 5.02 Å². The second-order valence-corrected chi connectivity index (χ2v) is 10.8. The molecule has 2 N–H and O–H groups in total. The average Bonchev–Trinajstić information content (AvgIpc) is 3.18. The van der Waals surface area contributed by atoms with E-state index in [1.165, 1.54) is 4.31 Å². The molecule has 0 spiro atoms. The van der Waals surface area contributed by atoms with Crippen LogP contribution in [0.5, 0.6) is 0 Å². The number of hydrogen-bond donors (Lipinski definition) is 2. The molecule has 0 aliphatic carbocycles. The number of aromatic nitrogens is 4. The molecule has 0 saturated carbocycles. The van der Waals surface area contributed by atoms with Crippen molar-refractivity contribution < 1.29 is 13.2 Å². The van der Waals surface area contributed by atoms with Crippen molar-refractivity contribution in [2.75, 3.05) is 24.2 Å². The van der Waals surface area contributed by atoms with Crippen LogP contribution in [0.15, 0.2) is 46.5 Å². The molecule has 0 radical (unpaired) electrons. The number of benzene rings is 2. The fraction of sp³-hybridized carbons (Fsp3) is 0.273. The summed E-state index contributed by atoms with van der Waals surface area (Å²) in [4.78, 5) is 20.1. The number of hydrogen-bond acceptors (Lipinski definition) is 7. The van der Waals surface area contributed by atoms with E-state index in [4.69, 9.17) is 11.6 Å². The number of amides is 1. The Morgan fingerprint density at radius 1 is 1.15 bits per heavy atom. The lowest BCUT2D eigenvalue weighted by Gasteiger charge is -2.18. The van der Waals surface area contributed by atoms with E-state index in [2.05, 4.69) is 25.5 Å².